The van der Waals surface area contributed by atoms with E-state index in [1.807, 2.05) is 6.92 Å². The first-order valence-corrected chi connectivity index (χ1v) is 8.63. The highest BCUT2D eigenvalue weighted by atomic mass is 35.5. The number of aromatic nitrogens is 2. The molecule has 1 amide bonds. The van der Waals surface area contributed by atoms with Crippen molar-refractivity contribution >= 4 is 23.2 Å². The van der Waals surface area contributed by atoms with Crippen molar-refractivity contribution in [3.8, 4) is 11.4 Å². The molecule has 1 aromatic heterocycles. The largest absolute Gasteiger partial charge is 0.494 e. The van der Waals surface area contributed by atoms with E-state index < -0.39 is 23.0 Å². The molecule has 28 heavy (non-hydrogen) atoms. The van der Waals surface area contributed by atoms with Crippen LogP contribution in [0.2, 0.25) is 5.02 Å². The lowest BCUT2D eigenvalue weighted by Crippen LogP contribution is -2.38. The SMILES string of the molecule is CCOc1ccc(NC(=O)c2c[nH]c(=O)n(-c3ccc(F)c(Cl)c3)c2=O)cc1. The molecule has 0 atom stereocenters. The number of rotatable bonds is 5. The third-order valence-corrected chi connectivity index (χ3v) is 4.10. The predicted octanol–water partition coefficient (Wildman–Crippen LogP) is 2.97. The monoisotopic (exact) mass is 403 g/mol. The number of halogens is 2. The maximum absolute atomic E-state index is 13.4. The van der Waals surface area contributed by atoms with Crippen LogP contribution in [0.5, 0.6) is 5.75 Å². The van der Waals surface area contributed by atoms with E-state index in [1.165, 1.54) is 6.07 Å². The number of hydrogen-bond donors (Lipinski definition) is 2. The van der Waals surface area contributed by atoms with Crippen LogP contribution in [-0.4, -0.2) is 22.1 Å². The van der Waals surface area contributed by atoms with Gasteiger partial charge in [0.15, 0.2) is 0 Å². The van der Waals surface area contributed by atoms with Crippen LogP contribution in [0.25, 0.3) is 5.69 Å². The number of H-pyrrole nitrogens is 1. The average Bonchev–Trinajstić information content (AvgIpc) is 2.66. The number of amides is 1. The van der Waals surface area contributed by atoms with Crippen LogP contribution in [0.3, 0.4) is 0 Å². The minimum absolute atomic E-state index is 0.0355. The summed E-state index contributed by atoms with van der Waals surface area (Å²) >= 11 is 5.72. The molecule has 9 heteroatoms. The number of nitrogens with one attached hydrogen (secondary N) is 2. The van der Waals surface area contributed by atoms with E-state index in [-0.39, 0.29) is 16.3 Å². The molecule has 3 rings (SSSR count). The Balaban J connectivity index is 1.94. The van der Waals surface area contributed by atoms with Crippen molar-refractivity contribution in [2.75, 3.05) is 11.9 Å². The van der Waals surface area contributed by atoms with Crippen LogP contribution < -0.4 is 21.3 Å². The summed E-state index contributed by atoms with van der Waals surface area (Å²) in [7, 11) is 0. The first-order valence-electron chi connectivity index (χ1n) is 8.25. The van der Waals surface area contributed by atoms with Gasteiger partial charge in [-0.05, 0) is 49.4 Å². The second-order valence-corrected chi connectivity index (χ2v) is 6.07. The summed E-state index contributed by atoms with van der Waals surface area (Å²) in [6, 6.07) is 9.94. The third-order valence-electron chi connectivity index (χ3n) is 3.81. The van der Waals surface area contributed by atoms with Crippen LogP contribution in [0, 0.1) is 5.82 Å². The fourth-order valence-electron chi connectivity index (χ4n) is 2.49. The van der Waals surface area contributed by atoms with Crippen molar-refractivity contribution in [3.05, 3.63) is 85.9 Å². The first-order chi connectivity index (χ1) is 13.4. The molecule has 144 valence electrons. The molecule has 0 aliphatic heterocycles. The predicted molar refractivity (Wildman–Crippen MR) is 103 cm³/mol. The maximum atomic E-state index is 13.4. The van der Waals surface area contributed by atoms with Gasteiger partial charge in [0.05, 0.1) is 17.3 Å². The van der Waals surface area contributed by atoms with Crippen LogP contribution in [0.4, 0.5) is 10.1 Å². The molecular weight excluding hydrogens is 389 g/mol. The number of carbonyl (C=O) groups is 1. The van der Waals surface area contributed by atoms with Gasteiger partial charge in [-0.25, -0.2) is 13.8 Å². The highest BCUT2D eigenvalue weighted by molar-refractivity contribution is 6.30. The van der Waals surface area contributed by atoms with E-state index in [2.05, 4.69) is 10.3 Å². The van der Waals surface area contributed by atoms with Crippen molar-refractivity contribution < 1.29 is 13.9 Å². The topological polar surface area (TPSA) is 93.2 Å². The second kappa shape index (κ2) is 8.10. The molecular formula is C19H15ClFN3O4. The standard InChI is InChI=1S/C19H15ClFN3O4/c1-2-28-13-6-3-11(4-7-13)23-17(25)14-10-22-19(27)24(18(14)26)12-5-8-16(21)15(20)9-12/h3-10H,2H2,1H3,(H,22,27)(H,23,25). The number of carbonyl (C=O) groups excluding carboxylic acids is 1. The molecule has 0 bridgehead atoms. The molecule has 7 nitrogen and oxygen atoms in total. The average molecular weight is 404 g/mol. The Morgan fingerprint density at radius 1 is 1.21 bits per heavy atom. The van der Waals surface area contributed by atoms with Gasteiger partial charge >= 0.3 is 5.69 Å². The van der Waals surface area contributed by atoms with Gasteiger partial charge in [0.25, 0.3) is 11.5 Å². The lowest BCUT2D eigenvalue weighted by molar-refractivity contribution is 0.102. The molecule has 0 aliphatic carbocycles. The molecule has 1 heterocycles. The summed E-state index contributed by atoms with van der Waals surface area (Å²) in [6.07, 6.45) is 1.02. The van der Waals surface area contributed by atoms with Gasteiger partial charge in [0.2, 0.25) is 0 Å². The summed E-state index contributed by atoms with van der Waals surface area (Å²) < 4.78 is 19.4. The van der Waals surface area contributed by atoms with Gasteiger partial charge in [-0.3, -0.25) is 9.59 Å². The van der Waals surface area contributed by atoms with Crippen molar-refractivity contribution in [2.24, 2.45) is 0 Å². The van der Waals surface area contributed by atoms with Gasteiger partial charge in [0, 0.05) is 11.9 Å². The van der Waals surface area contributed by atoms with Crippen molar-refractivity contribution in [2.45, 2.75) is 6.92 Å². The van der Waals surface area contributed by atoms with Crippen LogP contribution in [0.1, 0.15) is 17.3 Å². The zero-order valence-corrected chi connectivity index (χ0v) is 15.4. The Bertz CT molecular complexity index is 1140. The van der Waals surface area contributed by atoms with Crippen molar-refractivity contribution in [3.63, 3.8) is 0 Å². The van der Waals surface area contributed by atoms with Gasteiger partial charge in [0.1, 0.15) is 17.1 Å². The van der Waals surface area contributed by atoms with Crippen molar-refractivity contribution in [1.82, 2.24) is 9.55 Å². The molecule has 0 fully saturated rings. The molecule has 2 aromatic carbocycles. The van der Waals surface area contributed by atoms with Gasteiger partial charge < -0.3 is 15.0 Å². The van der Waals surface area contributed by atoms with Crippen LogP contribution in [0.15, 0.2) is 58.3 Å². The van der Waals surface area contributed by atoms with E-state index in [4.69, 9.17) is 16.3 Å². The quantitative estimate of drug-likeness (QED) is 0.685. The number of ether oxygens (including phenoxy) is 1. The summed E-state index contributed by atoms with van der Waals surface area (Å²) in [5, 5.41) is 2.31. The molecule has 0 radical (unpaired) electrons. The van der Waals surface area contributed by atoms with Gasteiger partial charge in [-0.1, -0.05) is 11.6 Å². The summed E-state index contributed by atoms with van der Waals surface area (Å²) in [5.74, 6) is -0.772. The molecule has 2 N–H and O–H groups in total. The molecule has 0 spiro atoms. The molecule has 0 unspecified atom stereocenters. The van der Waals surface area contributed by atoms with Crippen molar-refractivity contribution in [1.29, 1.82) is 0 Å². The Morgan fingerprint density at radius 3 is 2.57 bits per heavy atom. The first kappa shape index (κ1) is 19.4. The molecule has 0 saturated heterocycles. The lowest BCUT2D eigenvalue weighted by Gasteiger charge is -2.09. The minimum atomic E-state index is -0.866. The Labute approximate surface area is 163 Å². The zero-order chi connectivity index (χ0) is 20.3. The van der Waals surface area contributed by atoms with E-state index >= 15 is 0 Å². The van der Waals surface area contributed by atoms with E-state index in [1.54, 1.807) is 24.3 Å². The van der Waals surface area contributed by atoms with Gasteiger partial charge in [-0.2, -0.15) is 0 Å². The highest BCUT2D eigenvalue weighted by Crippen LogP contribution is 2.18. The Kier molecular flexibility index (Phi) is 5.60. The third kappa shape index (κ3) is 3.96. The summed E-state index contributed by atoms with van der Waals surface area (Å²) in [6.45, 7) is 2.36. The number of nitrogens with zero attached hydrogens (tertiary/aromatic N) is 1. The Hall–Kier alpha value is -3.39. The summed E-state index contributed by atoms with van der Waals surface area (Å²) in [4.78, 5) is 39.6. The molecule has 0 aliphatic rings. The van der Waals surface area contributed by atoms with Gasteiger partial charge in [-0.15, -0.1) is 0 Å². The molecule has 0 saturated carbocycles. The number of aromatic amines is 1. The Morgan fingerprint density at radius 2 is 1.93 bits per heavy atom. The van der Waals surface area contributed by atoms with Crippen LogP contribution >= 0.6 is 11.6 Å². The number of benzene rings is 2. The van der Waals surface area contributed by atoms with E-state index in [0.717, 1.165) is 18.3 Å². The summed E-state index contributed by atoms with van der Waals surface area (Å²) in [5.41, 5.74) is -1.47. The molecule has 3 aromatic rings. The fraction of sp³-hybridized carbons (Fsp3) is 0.105. The lowest BCUT2D eigenvalue weighted by atomic mass is 10.2. The normalized spacial score (nSPS) is 10.5. The van der Waals surface area contributed by atoms with Crippen LogP contribution in [-0.2, 0) is 0 Å². The maximum Gasteiger partial charge on any atom is 0.333 e. The highest BCUT2D eigenvalue weighted by Gasteiger charge is 2.17. The number of hydrogen-bond acceptors (Lipinski definition) is 4. The van der Waals surface area contributed by atoms with E-state index in [0.29, 0.717) is 22.6 Å². The zero-order valence-electron chi connectivity index (χ0n) is 14.7. The number of anilines is 1. The smallest absolute Gasteiger partial charge is 0.333 e. The second-order valence-electron chi connectivity index (χ2n) is 5.66. The minimum Gasteiger partial charge on any atom is -0.494 e. The van der Waals surface area contributed by atoms with E-state index in [9.17, 15) is 18.8 Å². The fourth-order valence-corrected chi connectivity index (χ4v) is 2.67.